The summed E-state index contributed by atoms with van der Waals surface area (Å²) in [6.45, 7) is 10.9. The first-order valence-electron chi connectivity index (χ1n) is 8.97. The van der Waals surface area contributed by atoms with E-state index in [0.717, 1.165) is 31.4 Å². The number of nitrogens with zero attached hydrogens (tertiary/aromatic N) is 1. The molecule has 1 aliphatic heterocycles. The van der Waals surface area contributed by atoms with Gasteiger partial charge in [-0.2, -0.15) is 0 Å². The molecule has 0 N–H and O–H groups in total. The zero-order valence-electron chi connectivity index (χ0n) is 15.1. The Morgan fingerprint density at radius 3 is 2.52 bits per heavy atom. The minimum atomic E-state index is 0.149. The highest BCUT2D eigenvalue weighted by Gasteiger charge is 2.33. The molecule has 0 bridgehead atoms. The van der Waals surface area contributed by atoms with Crippen LogP contribution in [-0.2, 0) is 17.6 Å². The summed E-state index contributed by atoms with van der Waals surface area (Å²) in [5, 5.41) is 0. The molecule has 0 saturated heterocycles. The molecule has 2 nitrogen and oxygen atoms in total. The Kier molecular flexibility index (Phi) is 6.30. The van der Waals surface area contributed by atoms with Crippen LogP contribution < -0.4 is 4.90 Å². The molecular formula is C20H30BrNO. The molecule has 0 fully saturated rings. The molecule has 1 aromatic carbocycles. The number of halogens is 1. The van der Waals surface area contributed by atoms with Crippen LogP contribution >= 0.6 is 15.9 Å². The normalized spacial score (nSPS) is 18.6. The van der Waals surface area contributed by atoms with Crippen molar-refractivity contribution in [2.45, 2.75) is 71.2 Å². The standard InChI is InChI=1S/C20H30BrNO/c1-6-16(7-2)20(23)22-14(5)10-17-11-15(8-9-19(17)22)12-18(21)13(3)4/h8-9,11,13-14,16,18H,6-7,10,12H2,1-5H3. The number of carbonyl (C=O) groups excluding carboxylic acids is 1. The van der Waals surface area contributed by atoms with Crippen LogP contribution in [0, 0.1) is 11.8 Å². The average Bonchev–Trinajstić information content (AvgIpc) is 2.83. The summed E-state index contributed by atoms with van der Waals surface area (Å²) in [4.78, 5) is 15.4. The molecule has 23 heavy (non-hydrogen) atoms. The van der Waals surface area contributed by atoms with Gasteiger partial charge in [0, 0.05) is 22.5 Å². The largest absolute Gasteiger partial charge is 0.309 e. The number of fused-ring (bicyclic) bond motifs is 1. The molecule has 0 aromatic heterocycles. The van der Waals surface area contributed by atoms with Crippen LogP contribution in [0.2, 0.25) is 0 Å². The van der Waals surface area contributed by atoms with Gasteiger partial charge in [0.25, 0.3) is 0 Å². The van der Waals surface area contributed by atoms with Crippen molar-refractivity contribution in [2.24, 2.45) is 11.8 Å². The van der Waals surface area contributed by atoms with Crippen LogP contribution in [0.5, 0.6) is 0 Å². The van der Waals surface area contributed by atoms with Gasteiger partial charge in [0.05, 0.1) is 0 Å². The molecule has 1 aromatic rings. The third-order valence-corrected chi connectivity index (χ3v) is 6.47. The topological polar surface area (TPSA) is 20.3 Å². The molecule has 1 heterocycles. The van der Waals surface area contributed by atoms with E-state index in [4.69, 9.17) is 0 Å². The van der Waals surface area contributed by atoms with E-state index < -0.39 is 0 Å². The summed E-state index contributed by atoms with van der Waals surface area (Å²) in [6.07, 6.45) is 3.86. The maximum absolute atomic E-state index is 12.9. The molecule has 0 saturated carbocycles. The Labute approximate surface area is 149 Å². The van der Waals surface area contributed by atoms with Crippen molar-refractivity contribution < 1.29 is 4.79 Å². The van der Waals surface area contributed by atoms with Gasteiger partial charge in [0.15, 0.2) is 0 Å². The minimum absolute atomic E-state index is 0.149. The van der Waals surface area contributed by atoms with E-state index in [1.165, 1.54) is 11.1 Å². The molecular weight excluding hydrogens is 350 g/mol. The Morgan fingerprint density at radius 2 is 1.96 bits per heavy atom. The maximum atomic E-state index is 12.9. The fraction of sp³-hybridized carbons (Fsp3) is 0.650. The number of benzene rings is 1. The lowest BCUT2D eigenvalue weighted by Gasteiger charge is -2.27. The molecule has 1 aliphatic rings. The SMILES string of the molecule is CCC(CC)C(=O)N1c2ccc(CC(Br)C(C)C)cc2CC1C. The first kappa shape index (κ1) is 18.5. The maximum Gasteiger partial charge on any atom is 0.230 e. The van der Waals surface area contributed by atoms with Gasteiger partial charge < -0.3 is 4.90 Å². The third-order valence-electron chi connectivity index (χ3n) is 5.09. The van der Waals surface area contributed by atoms with Crippen LogP contribution in [0.4, 0.5) is 5.69 Å². The van der Waals surface area contributed by atoms with Crippen molar-refractivity contribution in [1.29, 1.82) is 0 Å². The number of amides is 1. The summed E-state index contributed by atoms with van der Waals surface area (Å²) >= 11 is 3.78. The number of anilines is 1. The summed E-state index contributed by atoms with van der Waals surface area (Å²) in [5.41, 5.74) is 3.83. The Morgan fingerprint density at radius 1 is 1.30 bits per heavy atom. The van der Waals surface area contributed by atoms with Gasteiger partial charge in [0.2, 0.25) is 5.91 Å². The molecule has 2 rings (SSSR count). The number of hydrogen-bond donors (Lipinski definition) is 0. The highest BCUT2D eigenvalue weighted by atomic mass is 79.9. The van der Waals surface area contributed by atoms with Crippen molar-refractivity contribution >= 4 is 27.5 Å². The fourth-order valence-corrected chi connectivity index (χ4v) is 3.82. The van der Waals surface area contributed by atoms with Gasteiger partial charge in [-0.15, -0.1) is 0 Å². The summed E-state index contributed by atoms with van der Waals surface area (Å²) < 4.78 is 0. The molecule has 2 unspecified atom stereocenters. The quantitative estimate of drug-likeness (QED) is 0.608. The molecule has 0 radical (unpaired) electrons. The van der Waals surface area contributed by atoms with Crippen molar-refractivity contribution in [3.05, 3.63) is 29.3 Å². The van der Waals surface area contributed by atoms with Crippen LogP contribution in [-0.4, -0.2) is 16.8 Å². The van der Waals surface area contributed by atoms with Crippen molar-refractivity contribution in [2.75, 3.05) is 4.90 Å². The lowest BCUT2D eigenvalue weighted by atomic mass is 9.99. The van der Waals surface area contributed by atoms with Crippen molar-refractivity contribution in [3.8, 4) is 0 Å². The highest BCUT2D eigenvalue weighted by Crippen LogP contribution is 2.35. The Balaban J connectivity index is 2.23. The van der Waals surface area contributed by atoms with Crippen LogP contribution in [0.25, 0.3) is 0 Å². The first-order valence-corrected chi connectivity index (χ1v) is 9.89. The second-order valence-corrected chi connectivity index (χ2v) is 8.38. The second-order valence-electron chi connectivity index (χ2n) is 7.20. The summed E-state index contributed by atoms with van der Waals surface area (Å²) in [5.74, 6) is 1.07. The number of hydrogen-bond acceptors (Lipinski definition) is 1. The second kappa shape index (κ2) is 7.83. The highest BCUT2D eigenvalue weighted by molar-refractivity contribution is 9.09. The van der Waals surface area contributed by atoms with Gasteiger partial charge >= 0.3 is 0 Å². The molecule has 128 valence electrons. The third kappa shape index (κ3) is 3.99. The van der Waals surface area contributed by atoms with Gasteiger partial charge in [-0.25, -0.2) is 0 Å². The van der Waals surface area contributed by atoms with Crippen LogP contribution in [0.1, 0.15) is 58.6 Å². The number of carbonyl (C=O) groups is 1. The first-order chi connectivity index (χ1) is 10.9. The zero-order valence-corrected chi connectivity index (χ0v) is 16.7. The molecule has 1 amide bonds. The smallest absolute Gasteiger partial charge is 0.230 e. The lowest BCUT2D eigenvalue weighted by molar-refractivity contribution is -0.122. The van der Waals surface area contributed by atoms with Gasteiger partial charge in [0.1, 0.15) is 0 Å². The molecule has 0 aliphatic carbocycles. The van der Waals surface area contributed by atoms with E-state index >= 15 is 0 Å². The van der Waals surface area contributed by atoms with E-state index in [1.54, 1.807) is 0 Å². The molecule has 2 atom stereocenters. The fourth-order valence-electron chi connectivity index (χ4n) is 3.44. The Hall–Kier alpha value is -0.830. The van der Waals surface area contributed by atoms with Gasteiger partial charge in [-0.1, -0.05) is 55.8 Å². The van der Waals surface area contributed by atoms with E-state index in [9.17, 15) is 4.79 Å². The van der Waals surface area contributed by atoms with Crippen LogP contribution in [0.3, 0.4) is 0 Å². The summed E-state index contributed by atoms with van der Waals surface area (Å²) in [7, 11) is 0. The van der Waals surface area contributed by atoms with E-state index in [-0.39, 0.29) is 12.0 Å². The predicted molar refractivity (Wildman–Crippen MR) is 102 cm³/mol. The summed E-state index contributed by atoms with van der Waals surface area (Å²) in [6, 6.07) is 6.94. The molecule has 0 spiro atoms. The van der Waals surface area contributed by atoms with Gasteiger partial charge in [-0.05, 0) is 55.7 Å². The molecule has 3 heteroatoms. The monoisotopic (exact) mass is 379 g/mol. The minimum Gasteiger partial charge on any atom is -0.309 e. The zero-order chi connectivity index (χ0) is 17.1. The van der Waals surface area contributed by atoms with Gasteiger partial charge in [-0.3, -0.25) is 4.79 Å². The van der Waals surface area contributed by atoms with E-state index in [1.807, 2.05) is 4.90 Å². The Bertz CT molecular complexity index is 551. The van der Waals surface area contributed by atoms with Crippen molar-refractivity contribution in [3.63, 3.8) is 0 Å². The number of rotatable bonds is 6. The average molecular weight is 380 g/mol. The van der Waals surface area contributed by atoms with E-state index in [2.05, 4.69) is 68.7 Å². The predicted octanol–water partition coefficient (Wildman–Crippen LogP) is 5.36. The van der Waals surface area contributed by atoms with Crippen molar-refractivity contribution in [1.82, 2.24) is 0 Å². The lowest BCUT2D eigenvalue weighted by Crippen LogP contribution is -2.39. The van der Waals surface area contributed by atoms with E-state index in [0.29, 0.717) is 16.7 Å². The number of alkyl halides is 1. The van der Waals surface area contributed by atoms with Crippen LogP contribution in [0.15, 0.2) is 18.2 Å².